The predicted octanol–water partition coefficient (Wildman–Crippen LogP) is 2.81. The van der Waals surface area contributed by atoms with Gasteiger partial charge in [-0.2, -0.15) is 0 Å². The van der Waals surface area contributed by atoms with Crippen LogP contribution in [-0.2, 0) is 17.8 Å². The van der Waals surface area contributed by atoms with Crippen LogP contribution >= 0.6 is 24.8 Å². The van der Waals surface area contributed by atoms with Gasteiger partial charge in [0, 0.05) is 19.4 Å². The summed E-state index contributed by atoms with van der Waals surface area (Å²) in [5, 5.41) is 15.3. The maximum absolute atomic E-state index is 12.3. The smallest absolute Gasteiger partial charge is 0.220 e. The van der Waals surface area contributed by atoms with Crippen LogP contribution in [0.1, 0.15) is 69.6 Å². The predicted molar refractivity (Wildman–Crippen MR) is 103 cm³/mol. The lowest BCUT2D eigenvalue weighted by molar-refractivity contribution is -0.122. The Morgan fingerprint density at radius 2 is 2.16 bits per heavy atom. The molecule has 3 heterocycles. The van der Waals surface area contributed by atoms with Crippen molar-refractivity contribution in [2.24, 2.45) is 5.92 Å². The number of aromatic nitrogens is 3. The number of hydrogen-bond donors (Lipinski definition) is 2. The van der Waals surface area contributed by atoms with E-state index < -0.39 is 0 Å². The second-order valence-electron chi connectivity index (χ2n) is 6.86. The van der Waals surface area contributed by atoms with Crippen molar-refractivity contribution >= 4 is 30.7 Å². The zero-order valence-corrected chi connectivity index (χ0v) is 16.6. The van der Waals surface area contributed by atoms with Crippen molar-refractivity contribution in [3.05, 3.63) is 11.6 Å². The fourth-order valence-corrected chi connectivity index (χ4v) is 3.68. The first-order valence-corrected chi connectivity index (χ1v) is 9.20. The molecule has 2 aliphatic heterocycles. The van der Waals surface area contributed by atoms with Gasteiger partial charge in [-0.05, 0) is 51.1 Å². The third kappa shape index (κ3) is 5.83. The van der Waals surface area contributed by atoms with Gasteiger partial charge in [0.25, 0.3) is 0 Å². The van der Waals surface area contributed by atoms with Gasteiger partial charge in [0.05, 0.1) is 6.04 Å². The van der Waals surface area contributed by atoms with Gasteiger partial charge < -0.3 is 15.2 Å². The lowest BCUT2D eigenvalue weighted by Gasteiger charge is -2.18. The Morgan fingerprint density at radius 3 is 2.88 bits per heavy atom. The van der Waals surface area contributed by atoms with Crippen LogP contribution in [-0.4, -0.2) is 33.8 Å². The Morgan fingerprint density at radius 1 is 1.32 bits per heavy atom. The third-order valence-corrected chi connectivity index (χ3v) is 5.14. The van der Waals surface area contributed by atoms with E-state index >= 15 is 0 Å². The van der Waals surface area contributed by atoms with Gasteiger partial charge in [0.1, 0.15) is 5.82 Å². The fourth-order valence-electron chi connectivity index (χ4n) is 3.68. The van der Waals surface area contributed by atoms with E-state index in [1.807, 2.05) is 0 Å². The molecule has 0 aliphatic carbocycles. The molecular formula is C17H31Cl2N5O. The van der Waals surface area contributed by atoms with Crippen LogP contribution in [0.15, 0.2) is 0 Å². The number of rotatable bonds is 6. The van der Waals surface area contributed by atoms with Gasteiger partial charge in [-0.25, -0.2) is 0 Å². The molecule has 6 nitrogen and oxygen atoms in total. The molecule has 1 aromatic rings. The number of aryl methyl sites for hydroxylation is 1. The second-order valence-corrected chi connectivity index (χ2v) is 6.86. The highest BCUT2D eigenvalue weighted by molar-refractivity contribution is 5.85. The maximum atomic E-state index is 12.3. The molecule has 0 spiro atoms. The Labute approximate surface area is 162 Å². The average molecular weight is 392 g/mol. The Kier molecular flexibility index (Phi) is 9.75. The summed E-state index contributed by atoms with van der Waals surface area (Å²) in [6.45, 7) is 5.24. The van der Waals surface area contributed by atoms with Gasteiger partial charge in [0.15, 0.2) is 5.82 Å². The monoisotopic (exact) mass is 391 g/mol. The van der Waals surface area contributed by atoms with E-state index in [9.17, 15) is 4.79 Å². The number of nitrogens with zero attached hydrogens (tertiary/aromatic N) is 3. The molecule has 2 N–H and O–H groups in total. The van der Waals surface area contributed by atoms with Crippen molar-refractivity contribution in [3.63, 3.8) is 0 Å². The highest BCUT2D eigenvalue weighted by atomic mass is 35.5. The summed E-state index contributed by atoms with van der Waals surface area (Å²) in [5.74, 6) is 2.84. The number of nitrogens with one attached hydrogen (secondary N) is 2. The molecule has 1 aromatic heterocycles. The first-order chi connectivity index (χ1) is 11.3. The van der Waals surface area contributed by atoms with Crippen LogP contribution in [0, 0.1) is 5.92 Å². The minimum atomic E-state index is -0.0106. The van der Waals surface area contributed by atoms with Gasteiger partial charge in [-0.1, -0.05) is 13.3 Å². The maximum Gasteiger partial charge on any atom is 0.220 e. The molecule has 3 rings (SSSR count). The van der Waals surface area contributed by atoms with E-state index in [2.05, 4.69) is 32.3 Å². The molecule has 0 bridgehead atoms. The van der Waals surface area contributed by atoms with Crippen LogP contribution < -0.4 is 10.6 Å². The standard InChI is InChI=1S/C17H29N5O.2ClH/c1-2-14(19-16(23)8-7-13-9-10-18-12-13)17-21-20-15-6-4-3-5-11-22(15)17;;/h13-14,18H,2-12H2,1H3,(H,19,23);2*1H. The molecule has 2 atom stereocenters. The molecule has 0 saturated carbocycles. The molecule has 0 aromatic carbocycles. The zero-order valence-electron chi connectivity index (χ0n) is 15.0. The van der Waals surface area contributed by atoms with E-state index in [4.69, 9.17) is 0 Å². The van der Waals surface area contributed by atoms with Crippen LogP contribution in [0.3, 0.4) is 0 Å². The van der Waals surface area contributed by atoms with E-state index in [-0.39, 0.29) is 36.8 Å². The molecular weight excluding hydrogens is 361 g/mol. The van der Waals surface area contributed by atoms with Crippen LogP contribution in [0.4, 0.5) is 0 Å². The Bertz CT molecular complexity index is 531. The van der Waals surface area contributed by atoms with E-state index in [1.54, 1.807) is 0 Å². The topological polar surface area (TPSA) is 71.8 Å². The number of carbonyl (C=O) groups excluding carboxylic acids is 1. The molecule has 2 aliphatic rings. The number of hydrogen-bond acceptors (Lipinski definition) is 4. The minimum Gasteiger partial charge on any atom is -0.346 e. The van der Waals surface area contributed by atoms with E-state index in [1.165, 1.54) is 25.7 Å². The van der Waals surface area contributed by atoms with Gasteiger partial charge in [-0.3, -0.25) is 4.79 Å². The van der Waals surface area contributed by atoms with Crippen LogP contribution in [0.25, 0.3) is 0 Å². The summed E-state index contributed by atoms with van der Waals surface area (Å²) >= 11 is 0. The summed E-state index contributed by atoms with van der Waals surface area (Å²) in [6.07, 6.45) is 8.27. The highest BCUT2D eigenvalue weighted by Gasteiger charge is 2.23. The van der Waals surface area contributed by atoms with Gasteiger partial charge in [-0.15, -0.1) is 35.0 Å². The van der Waals surface area contributed by atoms with Crippen molar-refractivity contribution in [3.8, 4) is 0 Å². The highest BCUT2D eigenvalue weighted by Crippen LogP contribution is 2.21. The minimum absolute atomic E-state index is 0. The van der Waals surface area contributed by atoms with Gasteiger partial charge >= 0.3 is 0 Å². The fraction of sp³-hybridized carbons (Fsp3) is 0.824. The lowest BCUT2D eigenvalue weighted by Crippen LogP contribution is -2.30. The lowest BCUT2D eigenvalue weighted by atomic mass is 10.0. The van der Waals surface area contributed by atoms with E-state index in [0.29, 0.717) is 12.3 Å². The van der Waals surface area contributed by atoms with Crippen molar-refractivity contribution in [1.82, 2.24) is 25.4 Å². The van der Waals surface area contributed by atoms with Crippen molar-refractivity contribution in [1.29, 1.82) is 0 Å². The molecule has 1 amide bonds. The summed E-state index contributed by atoms with van der Waals surface area (Å²) < 4.78 is 2.24. The molecule has 8 heteroatoms. The molecule has 25 heavy (non-hydrogen) atoms. The quantitative estimate of drug-likeness (QED) is 0.781. The van der Waals surface area contributed by atoms with Crippen molar-refractivity contribution in [2.75, 3.05) is 13.1 Å². The molecule has 0 radical (unpaired) electrons. The van der Waals surface area contributed by atoms with E-state index in [0.717, 1.165) is 50.5 Å². The zero-order chi connectivity index (χ0) is 16.1. The van der Waals surface area contributed by atoms with Crippen molar-refractivity contribution in [2.45, 2.75) is 70.9 Å². The van der Waals surface area contributed by atoms with Crippen LogP contribution in [0.2, 0.25) is 0 Å². The number of carbonyl (C=O) groups is 1. The summed E-state index contributed by atoms with van der Waals surface area (Å²) in [7, 11) is 0. The van der Waals surface area contributed by atoms with Gasteiger partial charge in [0.2, 0.25) is 5.91 Å². The average Bonchev–Trinajstić information content (AvgIpc) is 3.16. The number of halogens is 2. The summed E-state index contributed by atoms with van der Waals surface area (Å²) in [5.41, 5.74) is 0. The number of amides is 1. The molecule has 1 saturated heterocycles. The molecule has 2 unspecified atom stereocenters. The number of fused-ring (bicyclic) bond motifs is 1. The molecule has 1 fully saturated rings. The van der Waals surface area contributed by atoms with Crippen LogP contribution in [0.5, 0.6) is 0 Å². The Hall–Kier alpha value is -0.850. The first-order valence-electron chi connectivity index (χ1n) is 9.20. The largest absolute Gasteiger partial charge is 0.346 e. The summed E-state index contributed by atoms with van der Waals surface area (Å²) in [4.78, 5) is 12.3. The molecule has 144 valence electrons. The van der Waals surface area contributed by atoms with Crippen molar-refractivity contribution < 1.29 is 4.79 Å². The first kappa shape index (κ1) is 22.2. The SMILES string of the molecule is CCC(NC(=O)CCC1CCNC1)c1nnc2n1CCCCC2.Cl.Cl. The Balaban J connectivity index is 0.00000156. The summed E-state index contributed by atoms with van der Waals surface area (Å²) in [6, 6.07) is -0.0106. The normalized spacial score (nSPS) is 20.6. The second kappa shape index (κ2) is 11.0. The third-order valence-electron chi connectivity index (χ3n) is 5.14.